The summed E-state index contributed by atoms with van der Waals surface area (Å²) in [7, 11) is -2.64. The van der Waals surface area contributed by atoms with Gasteiger partial charge >= 0.3 is 5.97 Å². The summed E-state index contributed by atoms with van der Waals surface area (Å²) in [5.41, 5.74) is 0.109. The maximum atomic E-state index is 12.6. The van der Waals surface area contributed by atoms with Gasteiger partial charge < -0.3 is 9.84 Å². The Hall–Kier alpha value is -1.15. The minimum Gasteiger partial charge on any atom is -0.465 e. The van der Waals surface area contributed by atoms with Gasteiger partial charge in [0, 0.05) is 13.1 Å². The molecule has 1 aromatic carbocycles. The first-order valence-corrected chi connectivity index (χ1v) is 8.24. The van der Waals surface area contributed by atoms with Crippen molar-refractivity contribution in [2.45, 2.75) is 23.8 Å². The Balaban J connectivity index is 2.41. The Bertz CT molecular complexity index is 646. The van der Waals surface area contributed by atoms with E-state index in [2.05, 4.69) is 4.74 Å². The highest BCUT2D eigenvalue weighted by atomic mass is 35.5. The SMILES string of the molecule is COC(=O)c1ccc(Cl)c(S(=O)(=O)N2CCC[C@H](O)C2)c1. The van der Waals surface area contributed by atoms with Crippen molar-refractivity contribution < 1.29 is 23.1 Å². The molecule has 1 saturated heterocycles. The second-order valence-corrected chi connectivity index (χ2v) is 7.11. The number of esters is 1. The third-order valence-corrected chi connectivity index (χ3v) is 5.68. The summed E-state index contributed by atoms with van der Waals surface area (Å²) in [5, 5.41) is 9.66. The Labute approximate surface area is 128 Å². The van der Waals surface area contributed by atoms with Gasteiger partial charge in [0.2, 0.25) is 10.0 Å². The highest BCUT2D eigenvalue weighted by molar-refractivity contribution is 7.89. The molecule has 21 heavy (non-hydrogen) atoms. The van der Waals surface area contributed by atoms with Gasteiger partial charge in [0.1, 0.15) is 4.90 Å². The molecule has 1 fully saturated rings. The third-order valence-electron chi connectivity index (χ3n) is 3.33. The number of β-amino-alcohol motifs (C(OH)–C–C–N with tert-alkyl or cyclic N) is 1. The number of aliphatic hydroxyl groups excluding tert-OH is 1. The second-order valence-electron chi connectivity index (χ2n) is 4.80. The number of sulfonamides is 1. The van der Waals surface area contributed by atoms with Crippen LogP contribution in [-0.2, 0) is 14.8 Å². The average molecular weight is 334 g/mol. The predicted molar refractivity (Wildman–Crippen MR) is 76.8 cm³/mol. The molecular weight excluding hydrogens is 318 g/mol. The zero-order valence-corrected chi connectivity index (χ0v) is 13.0. The van der Waals surface area contributed by atoms with Crippen LogP contribution >= 0.6 is 11.6 Å². The first kappa shape index (κ1) is 16.2. The van der Waals surface area contributed by atoms with Crippen LogP contribution in [0.25, 0.3) is 0 Å². The molecule has 6 nitrogen and oxygen atoms in total. The predicted octanol–water partition coefficient (Wildman–Crippen LogP) is 1.27. The monoisotopic (exact) mass is 333 g/mol. The number of carbonyl (C=O) groups excluding carboxylic acids is 1. The summed E-state index contributed by atoms with van der Waals surface area (Å²) in [6.45, 7) is 0.347. The zero-order chi connectivity index (χ0) is 15.6. The minimum atomic E-state index is -3.86. The number of hydrogen-bond donors (Lipinski definition) is 1. The molecule has 0 aliphatic carbocycles. The molecule has 1 aromatic rings. The van der Waals surface area contributed by atoms with Crippen molar-refractivity contribution in [1.82, 2.24) is 4.31 Å². The van der Waals surface area contributed by atoms with Crippen molar-refractivity contribution in [1.29, 1.82) is 0 Å². The van der Waals surface area contributed by atoms with Crippen LogP contribution in [0, 0.1) is 0 Å². The number of rotatable bonds is 3. The van der Waals surface area contributed by atoms with Crippen molar-refractivity contribution in [3.05, 3.63) is 28.8 Å². The number of piperidine rings is 1. The highest BCUT2D eigenvalue weighted by Crippen LogP contribution is 2.28. The molecule has 8 heteroatoms. The molecule has 0 aromatic heterocycles. The van der Waals surface area contributed by atoms with E-state index in [4.69, 9.17) is 11.6 Å². The van der Waals surface area contributed by atoms with Gasteiger partial charge in [0.05, 0.1) is 23.8 Å². The van der Waals surface area contributed by atoms with E-state index in [1.807, 2.05) is 0 Å². The van der Waals surface area contributed by atoms with E-state index >= 15 is 0 Å². The lowest BCUT2D eigenvalue weighted by Crippen LogP contribution is -2.42. The quantitative estimate of drug-likeness (QED) is 0.842. The van der Waals surface area contributed by atoms with Gasteiger partial charge in [-0.1, -0.05) is 11.6 Å². The van der Waals surface area contributed by atoms with Crippen LogP contribution in [0.15, 0.2) is 23.1 Å². The lowest BCUT2D eigenvalue weighted by atomic mass is 10.1. The van der Waals surface area contributed by atoms with Gasteiger partial charge in [0.25, 0.3) is 0 Å². The summed E-state index contributed by atoms with van der Waals surface area (Å²) in [6.07, 6.45) is 0.465. The molecule has 0 radical (unpaired) electrons. The fourth-order valence-electron chi connectivity index (χ4n) is 2.22. The topological polar surface area (TPSA) is 83.9 Å². The normalized spacial score (nSPS) is 20.2. The maximum absolute atomic E-state index is 12.6. The number of halogens is 1. The van der Waals surface area contributed by atoms with Gasteiger partial charge in [-0.3, -0.25) is 0 Å². The second kappa shape index (κ2) is 6.31. The van der Waals surface area contributed by atoms with Gasteiger partial charge in [-0.05, 0) is 31.0 Å². The maximum Gasteiger partial charge on any atom is 0.337 e. The molecule has 0 unspecified atom stereocenters. The van der Waals surface area contributed by atoms with Crippen LogP contribution in [0.5, 0.6) is 0 Å². The Kier molecular flexibility index (Phi) is 4.88. The van der Waals surface area contributed by atoms with Crippen LogP contribution in [0.4, 0.5) is 0 Å². The summed E-state index contributed by atoms with van der Waals surface area (Å²) in [6, 6.07) is 3.95. The van der Waals surface area contributed by atoms with Crippen LogP contribution in [0.1, 0.15) is 23.2 Å². The molecule has 1 atom stereocenters. The van der Waals surface area contributed by atoms with Gasteiger partial charge in [-0.25, -0.2) is 13.2 Å². The van der Waals surface area contributed by atoms with Crippen LogP contribution in [0.2, 0.25) is 5.02 Å². The Morgan fingerprint density at radius 3 is 2.81 bits per heavy atom. The summed E-state index contributed by atoms with van der Waals surface area (Å²) < 4.78 is 30.9. The van der Waals surface area contributed by atoms with Crippen molar-refractivity contribution in [3.63, 3.8) is 0 Å². The lowest BCUT2D eigenvalue weighted by molar-refractivity contribution is 0.0600. The number of ether oxygens (including phenoxy) is 1. The number of aliphatic hydroxyl groups is 1. The van der Waals surface area contributed by atoms with E-state index in [0.29, 0.717) is 19.4 Å². The van der Waals surface area contributed by atoms with Gasteiger partial charge in [0.15, 0.2) is 0 Å². The van der Waals surface area contributed by atoms with E-state index in [9.17, 15) is 18.3 Å². The van der Waals surface area contributed by atoms with E-state index < -0.39 is 22.1 Å². The van der Waals surface area contributed by atoms with Gasteiger partial charge in [-0.15, -0.1) is 0 Å². The van der Waals surface area contributed by atoms with Crippen molar-refractivity contribution >= 4 is 27.6 Å². The fourth-order valence-corrected chi connectivity index (χ4v) is 4.24. The highest BCUT2D eigenvalue weighted by Gasteiger charge is 2.31. The fraction of sp³-hybridized carbons (Fsp3) is 0.462. The molecule has 1 aliphatic heterocycles. The first-order chi connectivity index (χ1) is 9.86. The molecule has 0 bridgehead atoms. The molecule has 1 aliphatic rings. The molecule has 2 rings (SSSR count). The van der Waals surface area contributed by atoms with Crippen molar-refractivity contribution in [3.8, 4) is 0 Å². The standard InChI is InChI=1S/C13H16ClNO5S/c1-20-13(17)9-4-5-11(14)12(7-9)21(18,19)15-6-2-3-10(16)8-15/h4-5,7,10,16H,2-3,6,8H2,1H3/t10-/m0/s1. The number of methoxy groups -OCH3 is 1. The van der Waals surface area contributed by atoms with Crippen molar-refractivity contribution in [2.75, 3.05) is 20.2 Å². The number of benzene rings is 1. The minimum absolute atomic E-state index is 0.0289. The Morgan fingerprint density at radius 2 is 2.19 bits per heavy atom. The number of hydrogen-bond acceptors (Lipinski definition) is 5. The molecule has 1 N–H and O–H groups in total. The Morgan fingerprint density at radius 1 is 1.48 bits per heavy atom. The summed E-state index contributed by atoms with van der Waals surface area (Å²) >= 11 is 5.96. The largest absolute Gasteiger partial charge is 0.465 e. The smallest absolute Gasteiger partial charge is 0.337 e. The molecule has 0 spiro atoms. The average Bonchev–Trinajstić information content (AvgIpc) is 2.46. The van der Waals surface area contributed by atoms with E-state index in [1.54, 1.807) is 0 Å². The van der Waals surface area contributed by atoms with Crippen LogP contribution in [-0.4, -0.2) is 50.1 Å². The lowest BCUT2D eigenvalue weighted by Gasteiger charge is -2.29. The van der Waals surface area contributed by atoms with Crippen LogP contribution in [0.3, 0.4) is 0 Å². The molecule has 0 saturated carbocycles. The molecule has 116 valence electrons. The summed E-state index contributed by atoms with van der Waals surface area (Å²) in [4.78, 5) is 11.4. The van der Waals surface area contributed by atoms with E-state index in [1.165, 1.54) is 29.6 Å². The van der Waals surface area contributed by atoms with E-state index in [-0.39, 0.29) is 22.0 Å². The van der Waals surface area contributed by atoms with Crippen LogP contribution < -0.4 is 0 Å². The summed E-state index contributed by atoms with van der Waals surface area (Å²) in [5.74, 6) is -0.637. The van der Waals surface area contributed by atoms with Crippen molar-refractivity contribution in [2.24, 2.45) is 0 Å². The zero-order valence-electron chi connectivity index (χ0n) is 11.5. The van der Waals surface area contributed by atoms with Gasteiger partial charge in [-0.2, -0.15) is 4.31 Å². The van der Waals surface area contributed by atoms with E-state index in [0.717, 1.165) is 0 Å². The molecule has 1 heterocycles. The number of nitrogens with zero attached hydrogens (tertiary/aromatic N) is 1. The first-order valence-electron chi connectivity index (χ1n) is 6.42. The number of carbonyl (C=O) groups is 1. The third kappa shape index (κ3) is 3.37. The molecular formula is C13H16ClNO5S. The molecule has 0 amide bonds.